The fourth-order valence-electron chi connectivity index (χ4n) is 1.43. The first kappa shape index (κ1) is 14.7. The summed E-state index contributed by atoms with van der Waals surface area (Å²) in [6.07, 6.45) is 2.68. The van der Waals surface area contributed by atoms with Gasteiger partial charge in [0, 0.05) is 6.54 Å². The highest BCUT2D eigenvalue weighted by molar-refractivity contribution is 8.00. The van der Waals surface area contributed by atoms with E-state index >= 15 is 0 Å². The first-order valence-corrected chi connectivity index (χ1v) is 6.22. The number of rotatable bonds is 5. The van der Waals surface area contributed by atoms with E-state index in [1.807, 2.05) is 6.92 Å². The molecule has 0 aliphatic carbocycles. The zero-order valence-corrected chi connectivity index (χ0v) is 10.6. The molecule has 1 heterocycles. The van der Waals surface area contributed by atoms with Crippen LogP contribution < -0.4 is 5.73 Å². The molecule has 0 fully saturated rings. The molecule has 0 atom stereocenters. The Morgan fingerprint density at radius 3 is 2.61 bits per heavy atom. The summed E-state index contributed by atoms with van der Waals surface area (Å²) in [6.45, 7) is 2.44. The van der Waals surface area contributed by atoms with Crippen molar-refractivity contribution in [1.82, 2.24) is 9.78 Å². The summed E-state index contributed by atoms with van der Waals surface area (Å²) in [5, 5.41) is 12.6. The lowest BCUT2D eigenvalue weighted by Gasteiger charge is -2.06. The third-order valence-corrected chi connectivity index (χ3v) is 3.08. The first-order chi connectivity index (χ1) is 8.39. The maximum Gasteiger partial charge on any atom is 0.446 e. The van der Waals surface area contributed by atoms with Gasteiger partial charge in [-0.1, -0.05) is 19.8 Å². The molecule has 0 radical (unpaired) electrons. The Balaban J connectivity index is 2.93. The average molecular weight is 278 g/mol. The molecular weight excluding hydrogens is 265 g/mol. The quantitative estimate of drug-likeness (QED) is 0.663. The number of nitriles is 1. The van der Waals surface area contributed by atoms with Crippen LogP contribution in [0.1, 0.15) is 31.9 Å². The number of aromatic nitrogens is 2. The summed E-state index contributed by atoms with van der Waals surface area (Å²) in [5.41, 5.74) is 0.851. The molecule has 0 unspecified atom stereocenters. The molecule has 0 bridgehead atoms. The molecule has 1 rings (SSSR count). The minimum absolute atomic E-state index is 0.0926. The van der Waals surface area contributed by atoms with Crippen LogP contribution in [0.25, 0.3) is 0 Å². The topological polar surface area (TPSA) is 67.6 Å². The number of hydrogen-bond donors (Lipinski definition) is 1. The standard InChI is InChI=1S/C10H13F3N4S/c1-2-3-4-5-17-9(15)8(7(6-14)16-17)18-10(11,12)13/h2-5,15H2,1H3. The van der Waals surface area contributed by atoms with Crippen molar-refractivity contribution in [3.05, 3.63) is 5.69 Å². The van der Waals surface area contributed by atoms with Crippen molar-refractivity contribution >= 4 is 17.6 Å². The molecular formula is C10H13F3N4S. The number of halogens is 3. The van der Waals surface area contributed by atoms with Crippen molar-refractivity contribution < 1.29 is 13.2 Å². The second-order valence-corrected chi connectivity index (χ2v) is 4.73. The Hall–Kier alpha value is -1.36. The molecule has 0 saturated heterocycles. The van der Waals surface area contributed by atoms with Crippen LogP contribution in [0.3, 0.4) is 0 Å². The van der Waals surface area contributed by atoms with Crippen molar-refractivity contribution in [2.24, 2.45) is 0 Å². The van der Waals surface area contributed by atoms with E-state index in [0.29, 0.717) is 6.54 Å². The number of unbranched alkanes of at least 4 members (excludes halogenated alkanes) is 2. The van der Waals surface area contributed by atoms with Gasteiger partial charge in [0.1, 0.15) is 11.9 Å². The Morgan fingerprint density at radius 1 is 1.44 bits per heavy atom. The van der Waals surface area contributed by atoms with Gasteiger partial charge >= 0.3 is 5.51 Å². The maximum atomic E-state index is 12.3. The van der Waals surface area contributed by atoms with Crippen LogP contribution in [0.2, 0.25) is 0 Å². The SMILES string of the molecule is CCCCCn1nc(C#N)c(SC(F)(F)F)c1N. The second-order valence-electron chi connectivity index (χ2n) is 3.65. The van der Waals surface area contributed by atoms with Crippen molar-refractivity contribution in [2.75, 3.05) is 5.73 Å². The molecule has 0 aliphatic heterocycles. The third-order valence-electron chi connectivity index (χ3n) is 2.24. The Kier molecular flexibility index (Phi) is 4.90. The molecule has 18 heavy (non-hydrogen) atoms. The summed E-state index contributed by atoms with van der Waals surface area (Å²) in [6, 6.07) is 1.64. The Morgan fingerprint density at radius 2 is 2.11 bits per heavy atom. The molecule has 0 aliphatic rings. The average Bonchev–Trinajstić information content (AvgIpc) is 2.56. The van der Waals surface area contributed by atoms with E-state index in [1.54, 1.807) is 6.07 Å². The smallest absolute Gasteiger partial charge is 0.383 e. The number of anilines is 1. The van der Waals surface area contributed by atoms with E-state index < -0.39 is 17.3 Å². The van der Waals surface area contributed by atoms with Gasteiger partial charge in [0.15, 0.2) is 5.69 Å². The van der Waals surface area contributed by atoms with Gasteiger partial charge in [-0.25, -0.2) is 4.68 Å². The number of nitrogens with two attached hydrogens (primary N) is 1. The van der Waals surface area contributed by atoms with Gasteiger partial charge in [-0.3, -0.25) is 0 Å². The van der Waals surface area contributed by atoms with Gasteiger partial charge in [0.25, 0.3) is 0 Å². The third kappa shape index (κ3) is 3.84. The van der Waals surface area contributed by atoms with Crippen molar-refractivity contribution in [2.45, 2.75) is 43.1 Å². The lowest BCUT2D eigenvalue weighted by Crippen LogP contribution is -2.06. The molecule has 8 heteroatoms. The zero-order chi connectivity index (χ0) is 13.8. The number of nitrogen functional groups attached to an aromatic ring is 1. The number of hydrogen-bond acceptors (Lipinski definition) is 4. The van der Waals surface area contributed by atoms with E-state index in [0.717, 1.165) is 19.3 Å². The number of aryl methyl sites for hydroxylation is 1. The van der Waals surface area contributed by atoms with Gasteiger partial charge in [0.2, 0.25) is 0 Å². The van der Waals surface area contributed by atoms with Crippen LogP contribution >= 0.6 is 11.8 Å². The summed E-state index contributed by atoms with van der Waals surface area (Å²) in [5.74, 6) is -0.0926. The summed E-state index contributed by atoms with van der Waals surface area (Å²) in [7, 11) is 0. The highest BCUT2D eigenvalue weighted by Crippen LogP contribution is 2.41. The lowest BCUT2D eigenvalue weighted by atomic mass is 10.2. The van der Waals surface area contributed by atoms with Crippen molar-refractivity contribution in [3.63, 3.8) is 0 Å². The van der Waals surface area contributed by atoms with Gasteiger partial charge < -0.3 is 5.73 Å². The molecule has 2 N–H and O–H groups in total. The van der Waals surface area contributed by atoms with Crippen molar-refractivity contribution in [1.29, 1.82) is 5.26 Å². The highest BCUT2D eigenvalue weighted by Gasteiger charge is 2.33. The van der Waals surface area contributed by atoms with E-state index in [-0.39, 0.29) is 16.4 Å². The molecule has 0 aromatic carbocycles. The molecule has 1 aromatic rings. The molecule has 0 saturated carbocycles. The minimum Gasteiger partial charge on any atom is -0.383 e. The molecule has 100 valence electrons. The zero-order valence-electron chi connectivity index (χ0n) is 9.79. The predicted octanol–water partition coefficient (Wildman–Crippen LogP) is 3.14. The summed E-state index contributed by atoms with van der Waals surface area (Å²) in [4.78, 5) is -0.304. The largest absolute Gasteiger partial charge is 0.446 e. The van der Waals surface area contributed by atoms with Crippen LogP contribution in [0, 0.1) is 11.3 Å². The van der Waals surface area contributed by atoms with Gasteiger partial charge in [-0.2, -0.15) is 23.5 Å². The van der Waals surface area contributed by atoms with Crippen LogP contribution in [0.5, 0.6) is 0 Å². The predicted molar refractivity (Wildman–Crippen MR) is 62.8 cm³/mol. The number of thioether (sulfide) groups is 1. The lowest BCUT2D eigenvalue weighted by molar-refractivity contribution is -0.0328. The fourth-order valence-corrected chi connectivity index (χ4v) is 2.05. The van der Waals surface area contributed by atoms with E-state index in [4.69, 9.17) is 11.0 Å². The normalized spacial score (nSPS) is 11.5. The monoisotopic (exact) mass is 278 g/mol. The first-order valence-electron chi connectivity index (χ1n) is 5.41. The van der Waals surface area contributed by atoms with Gasteiger partial charge in [-0.05, 0) is 18.2 Å². The van der Waals surface area contributed by atoms with Gasteiger partial charge in [0.05, 0.1) is 4.90 Å². The van der Waals surface area contributed by atoms with Crippen LogP contribution in [-0.4, -0.2) is 15.3 Å². The number of nitrogens with zero attached hydrogens (tertiary/aromatic N) is 3. The van der Waals surface area contributed by atoms with Gasteiger partial charge in [-0.15, -0.1) is 0 Å². The second kappa shape index (κ2) is 6.00. The minimum atomic E-state index is -4.48. The summed E-state index contributed by atoms with van der Waals surface area (Å²) >= 11 is -0.392. The highest BCUT2D eigenvalue weighted by atomic mass is 32.2. The molecule has 0 spiro atoms. The van der Waals surface area contributed by atoms with Crippen LogP contribution in [-0.2, 0) is 6.54 Å². The Bertz CT molecular complexity index is 447. The van der Waals surface area contributed by atoms with E-state index in [2.05, 4.69) is 5.10 Å². The van der Waals surface area contributed by atoms with E-state index in [9.17, 15) is 13.2 Å². The van der Waals surface area contributed by atoms with Crippen LogP contribution in [0.15, 0.2) is 4.90 Å². The van der Waals surface area contributed by atoms with E-state index in [1.165, 1.54) is 4.68 Å². The molecule has 1 aromatic heterocycles. The molecule has 0 amide bonds. The summed E-state index contributed by atoms with van der Waals surface area (Å²) < 4.78 is 38.2. The van der Waals surface area contributed by atoms with Crippen molar-refractivity contribution in [3.8, 4) is 6.07 Å². The molecule has 4 nitrogen and oxygen atoms in total. The maximum absolute atomic E-state index is 12.3. The Labute approximate surface area is 107 Å². The fraction of sp³-hybridized carbons (Fsp3) is 0.600. The number of alkyl halides is 3. The van der Waals surface area contributed by atoms with Crippen LogP contribution in [0.4, 0.5) is 19.0 Å².